The van der Waals surface area contributed by atoms with Crippen molar-refractivity contribution in [3.8, 4) is 0 Å². The predicted molar refractivity (Wildman–Crippen MR) is 50.7 cm³/mol. The first-order valence-electron chi connectivity index (χ1n) is 4.22. The van der Waals surface area contributed by atoms with E-state index in [4.69, 9.17) is 5.11 Å². The molecule has 0 aromatic carbocycles. The van der Waals surface area contributed by atoms with Gasteiger partial charge in [-0.25, -0.2) is 13.1 Å². The molecule has 0 aliphatic carbocycles. The van der Waals surface area contributed by atoms with Gasteiger partial charge in [0.25, 0.3) is 0 Å². The fraction of sp³-hybridized carbons (Fsp3) is 0.714. The minimum atomic E-state index is -3.85. The molecule has 0 amide bonds. The molecule has 7 nitrogen and oxygen atoms in total. The Hall–Kier alpha value is -1.15. The largest absolute Gasteiger partial charge is 0.480 e. The minimum Gasteiger partial charge on any atom is -0.480 e. The van der Waals surface area contributed by atoms with Gasteiger partial charge in [-0.05, 0) is 6.92 Å². The van der Waals surface area contributed by atoms with E-state index in [1.165, 1.54) is 0 Å². The van der Waals surface area contributed by atoms with Gasteiger partial charge in [0.15, 0.2) is 5.75 Å². The Morgan fingerprint density at radius 1 is 1.40 bits per heavy atom. The van der Waals surface area contributed by atoms with E-state index in [2.05, 4.69) is 4.74 Å². The molecule has 0 aliphatic heterocycles. The summed E-state index contributed by atoms with van der Waals surface area (Å²) in [5.41, 5.74) is 0. The van der Waals surface area contributed by atoms with E-state index in [1.54, 1.807) is 6.92 Å². The molecule has 88 valence electrons. The van der Waals surface area contributed by atoms with Crippen molar-refractivity contribution in [2.45, 2.75) is 13.3 Å². The van der Waals surface area contributed by atoms with Gasteiger partial charge in [-0.2, -0.15) is 0 Å². The fourth-order valence-corrected chi connectivity index (χ4v) is 1.60. The molecule has 2 N–H and O–H groups in total. The van der Waals surface area contributed by atoms with Crippen molar-refractivity contribution in [2.75, 3.05) is 18.9 Å². The number of hydrogen-bond donors (Lipinski definition) is 2. The van der Waals surface area contributed by atoms with Gasteiger partial charge < -0.3 is 9.84 Å². The first-order chi connectivity index (χ1) is 6.87. The summed E-state index contributed by atoms with van der Waals surface area (Å²) in [5.74, 6) is -2.98. The Morgan fingerprint density at radius 2 is 2.00 bits per heavy atom. The number of nitrogens with one attached hydrogen (secondary N) is 1. The second kappa shape index (κ2) is 6.36. The molecular formula is C7H13NO6S. The number of carbonyl (C=O) groups excluding carboxylic acids is 1. The number of aliphatic carboxylic acids is 1. The Bertz CT molecular complexity index is 322. The summed E-state index contributed by atoms with van der Waals surface area (Å²) >= 11 is 0. The molecule has 0 aromatic heterocycles. The molecule has 0 heterocycles. The molecule has 0 fully saturated rings. The Balaban J connectivity index is 3.85. The highest BCUT2D eigenvalue weighted by molar-refractivity contribution is 7.90. The molecule has 0 radical (unpaired) electrons. The summed E-state index contributed by atoms with van der Waals surface area (Å²) in [7, 11) is -3.85. The standard InChI is InChI=1S/C7H13NO6S/c1-2-14-7(11)3-4-8-15(12,13)5-6(9)10/h8H,2-5H2,1H3,(H,9,10). The molecule has 0 saturated heterocycles. The van der Waals surface area contributed by atoms with Crippen LogP contribution >= 0.6 is 0 Å². The fourth-order valence-electron chi connectivity index (χ4n) is 0.755. The Labute approximate surface area is 87.5 Å². The minimum absolute atomic E-state index is 0.118. The molecule has 0 aromatic rings. The number of sulfonamides is 1. The summed E-state index contributed by atoms with van der Waals surface area (Å²) in [5, 5.41) is 8.23. The molecule has 0 spiro atoms. The van der Waals surface area contributed by atoms with Crippen LogP contribution in [0.4, 0.5) is 0 Å². The average Bonchev–Trinajstić information content (AvgIpc) is 2.01. The second-order valence-electron chi connectivity index (χ2n) is 2.60. The smallest absolute Gasteiger partial charge is 0.320 e. The first-order valence-corrected chi connectivity index (χ1v) is 5.87. The van der Waals surface area contributed by atoms with Gasteiger partial charge in [0.05, 0.1) is 13.0 Å². The van der Waals surface area contributed by atoms with E-state index in [-0.39, 0.29) is 19.6 Å². The highest BCUT2D eigenvalue weighted by Crippen LogP contribution is 1.88. The summed E-state index contributed by atoms with van der Waals surface area (Å²) in [6, 6.07) is 0. The van der Waals surface area contributed by atoms with Gasteiger partial charge >= 0.3 is 11.9 Å². The molecule has 0 bridgehead atoms. The molecule has 0 saturated carbocycles. The van der Waals surface area contributed by atoms with Gasteiger partial charge in [0.2, 0.25) is 10.0 Å². The van der Waals surface area contributed by atoms with Crippen molar-refractivity contribution in [1.82, 2.24) is 4.72 Å². The summed E-state index contributed by atoms with van der Waals surface area (Å²) < 4.78 is 28.4. The topological polar surface area (TPSA) is 110 Å². The van der Waals surface area contributed by atoms with Gasteiger partial charge in [0, 0.05) is 6.54 Å². The lowest BCUT2D eigenvalue weighted by atomic mass is 10.4. The van der Waals surface area contributed by atoms with Crippen LogP contribution in [0, 0.1) is 0 Å². The zero-order valence-electron chi connectivity index (χ0n) is 8.23. The van der Waals surface area contributed by atoms with E-state index in [9.17, 15) is 18.0 Å². The zero-order chi connectivity index (χ0) is 11.9. The van der Waals surface area contributed by atoms with E-state index in [0.29, 0.717) is 0 Å². The quantitative estimate of drug-likeness (QED) is 0.548. The number of ether oxygens (including phenoxy) is 1. The molecular weight excluding hydrogens is 226 g/mol. The van der Waals surface area contributed by atoms with Crippen LogP contribution in [0.3, 0.4) is 0 Å². The zero-order valence-corrected chi connectivity index (χ0v) is 9.04. The van der Waals surface area contributed by atoms with Crippen molar-refractivity contribution in [3.63, 3.8) is 0 Å². The third-order valence-corrected chi connectivity index (χ3v) is 2.54. The molecule has 0 rings (SSSR count). The van der Waals surface area contributed by atoms with E-state index >= 15 is 0 Å². The van der Waals surface area contributed by atoms with Crippen LogP contribution in [0.15, 0.2) is 0 Å². The predicted octanol–water partition coefficient (Wildman–Crippen LogP) is -1.06. The summed E-state index contributed by atoms with van der Waals surface area (Å²) in [6.45, 7) is 1.70. The normalized spacial score (nSPS) is 11.0. The van der Waals surface area contributed by atoms with E-state index in [1.807, 2.05) is 4.72 Å². The number of carbonyl (C=O) groups is 2. The maximum atomic E-state index is 10.9. The van der Waals surface area contributed by atoms with Crippen LogP contribution in [0.5, 0.6) is 0 Å². The van der Waals surface area contributed by atoms with E-state index in [0.717, 1.165) is 0 Å². The third-order valence-electron chi connectivity index (χ3n) is 1.27. The monoisotopic (exact) mass is 239 g/mol. The summed E-state index contributed by atoms with van der Waals surface area (Å²) in [4.78, 5) is 20.9. The SMILES string of the molecule is CCOC(=O)CCNS(=O)(=O)CC(=O)O. The van der Waals surface area contributed by atoms with Crippen molar-refractivity contribution >= 4 is 22.0 Å². The third kappa shape index (κ3) is 7.89. The van der Waals surface area contributed by atoms with Crippen LogP contribution in [0.2, 0.25) is 0 Å². The van der Waals surface area contributed by atoms with Crippen LogP contribution in [-0.2, 0) is 24.3 Å². The second-order valence-corrected chi connectivity index (χ2v) is 4.41. The molecule has 0 aliphatic rings. The van der Waals surface area contributed by atoms with Crippen molar-refractivity contribution < 1.29 is 27.9 Å². The number of carboxylic acids is 1. The Morgan fingerprint density at radius 3 is 2.47 bits per heavy atom. The highest BCUT2D eigenvalue weighted by Gasteiger charge is 2.15. The molecule has 15 heavy (non-hydrogen) atoms. The highest BCUT2D eigenvalue weighted by atomic mass is 32.2. The van der Waals surface area contributed by atoms with Gasteiger partial charge in [-0.1, -0.05) is 0 Å². The van der Waals surface area contributed by atoms with Crippen LogP contribution in [0.1, 0.15) is 13.3 Å². The van der Waals surface area contributed by atoms with Crippen LogP contribution in [-0.4, -0.2) is 44.4 Å². The molecule has 0 unspecified atom stereocenters. The maximum absolute atomic E-state index is 10.9. The van der Waals surface area contributed by atoms with Crippen molar-refractivity contribution in [2.24, 2.45) is 0 Å². The van der Waals surface area contributed by atoms with Crippen molar-refractivity contribution in [1.29, 1.82) is 0 Å². The van der Waals surface area contributed by atoms with Crippen LogP contribution in [0.25, 0.3) is 0 Å². The van der Waals surface area contributed by atoms with Gasteiger partial charge in [-0.3, -0.25) is 9.59 Å². The van der Waals surface area contributed by atoms with Gasteiger partial charge in [-0.15, -0.1) is 0 Å². The lowest BCUT2D eigenvalue weighted by molar-refractivity contribution is -0.142. The lowest BCUT2D eigenvalue weighted by Crippen LogP contribution is -2.31. The lowest BCUT2D eigenvalue weighted by Gasteiger charge is -2.03. The van der Waals surface area contributed by atoms with E-state index < -0.39 is 27.7 Å². The maximum Gasteiger partial charge on any atom is 0.320 e. The number of esters is 1. The molecule has 0 atom stereocenters. The molecule has 8 heteroatoms. The first kappa shape index (κ1) is 13.8. The Kier molecular flexibility index (Phi) is 5.87. The number of carboxylic acid groups (broad SMARTS) is 1. The van der Waals surface area contributed by atoms with Crippen LogP contribution < -0.4 is 4.72 Å². The summed E-state index contributed by atoms with van der Waals surface area (Å²) in [6.07, 6.45) is -0.118. The van der Waals surface area contributed by atoms with Crippen molar-refractivity contribution in [3.05, 3.63) is 0 Å². The van der Waals surface area contributed by atoms with Gasteiger partial charge in [0.1, 0.15) is 0 Å². The number of hydrogen-bond acceptors (Lipinski definition) is 5. The number of rotatable bonds is 7. The average molecular weight is 239 g/mol.